The van der Waals surface area contributed by atoms with Gasteiger partial charge in [0.25, 0.3) is 5.69 Å². The van der Waals surface area contributed by atoms with E-state index in [1.54, 1.807) is 23.5 Å². The minimum Gasteiger partial charge on any atom is -0.331 e. The molecule has 0 radical (unpaired) electrons. The first-order chi connectivity index (χ1) is 10.5. The summed E-state index contributed by atoms with van der Waals surface area (Å²) in [5.74, 6) is 0. The number of aromatic nitrogens is 2. The van der Waals surface area contributed by atoms with Gasteiger partial charge in [-0.2, -0.15) is 0 Å². The van der Waals surface area contributed by atoms with Crippen LogP contribution in [0.3, 0.4) is 0 Å². The third-order valence-corrected chi connectivity index (χ3v) is 4.80. The Balaban J connectivity index is 1.84. The second kappa shape index (κ2) is 5.82. The van der Waals surface area contributed by atoms with E-state index in [0.717, 1.165) is 21.3 Å². The summed E-state index contributed by atoms with van der Waals surface area (Å²) in [7, 11) is 0. The number of nitro benzene ring substituents is 1. The van der Waals surface area contributed by atoms with E-state index in [4.69, 9.17) is 0 Å². The second-order valence-electron chi connectivity index (χ2n) is 4.62. The molecule has 0 saturated heterocycles. The molecule has 2 aromatic heterocycles. The van der Waals surface area contributed by atoms with Crippen molar-refractivity contribution in [2.75, 3.05) is 5.32 Å². The number of hydrogen-bond acceptors (Lipinski definition) is 7. The average Bonchev–Trinajstić information content (AvgIpc) is 3.05. The molecule has 8 heteroatoms. The van der Waals surface area contributed by atoms with E-state index in [1.165, 1.54) is 23.5 Å². The Labute approximate surface area is 134 Å². The zero-order valence-corrected chi connectivity index (χ0v) is 13.5. The van der Waals surface area contributed by atoms with Crippen LogP contribution in [0.25, 0.3) is 10.6 Å². The van der Waals surface area contributed by atoms with Gasteiger partial charge in [-0.3, -0.25) is 10.1 Å². The van der Waals surface area contributed by atoms with Gasteiger partial charge in [-0.15, -0.1) is 22.7 Å². The zero-order chi connectivity index (χ0) is 15.7. The Morgan fingerprint density at radius 1 is 1.27 bits per heavy atom. The molecule has 3 aromatic rings. The average molecular weight is 332 g/mol. The summed E-state index contributed by atoms with van der Waals surface area (Å²) in [5.41, 5.74) is 2.54. The summed E-state index contributed by atoms with van der Waals surface area (Å²) in [6.07, 6.45) is 0. The van der Waals surface area contributed by atoms with Crippen LogP contribution in [0.15, 0.2) is 29.6 Å². The molecule has 1 N–H and O–H groups in total. The van der Waals surface area contributed by atoms with E-state index in [-0.39, 0.29) is 5.69 Å². The SMILES string of the molecule is Cc1nc(C)c(-c2csc(Nc3cccc([N+](=O)[O-])c3)n2)s1. The lowest BCUT2D eigenvalue weighted by Gasteiger charge is -2.01. The molecule has 0 fully saturated rings. The Bertz CT molecular complexity index is 841. The molecule has 0 aliphatic heterocycles. The number of hydrogen-bond donors (Lipinski definition) is 1. The van der Waals surface area contributed by atoms with E-state index < -0.39 is 4.92 Å². The van der Waals surface area contributed by atoms with Gasteiger partial charge in [-0.1, -0.05) is 6.07 Å². The quantitative estimate of drug-likeness (QED) is 0.560. The number of nitro groups is 1. The predicted molar refractivity (Wildman–Crippen MR) is 89.1 cm³/mol. The first-order valence-electron chi connectivity index (χ1n) is 6.44. The Morgan fingerprint density at radius 3 is 2.77 bits per heavy atom. The first-order valence-corrected chi connectivity index (χ1v) is 8.14. The summed E-state index contributed by atoms with van der Waals surface area (Å²) in [5, 5.41) is 17.6. The highest BCUT2D eigenvalue weighted by Gasteiger charge is 2.12. The van der Waals surface area contributed by atoms with Crippen LogP contribution in [0.5, 0.6) is 0 Å². The topological polar surface area (TPSA) is 81.0 Å². The Kier molecular flexibility index (Phi) is 3.86. The van der Waals surface area contributed by atoms with Crippen molar-refractivity contribution in [2.45, 2.75) is 13.8 Å². The number of non-ortho nitro benzene ring substituents is 1. The largest absolute Gasteiger partial charge is 0.331 e. The van der Waals surface area contributed by atoms with Crippen LogP contribution in [0.2, 0.25) is 0 Å². The van der Waals surface area contributed by atoms with Crippen LogP contribution in [0, 0.1) is 24.0 Å². The number of benzene rings is 1. The van der Waals surface area contributed by atoms with Crippen LogP contribution in [0.1, 0.15) is 10.7 Å². The van der Waals surface area contributed by atoms with Crippen LogP contribution in [0.4, 0.5) is 16.5 Å². The minimum atomic E-state index is -0.415. The van der Waals surface area contributed by atoms with Gasteiger partial charge in [-0.05, 0) is 19.9 Å². The van der Waals surface area contributed by atoms with Gasteiger partial charge in [-0.25, -0.2) is 9.97 Å². The van der Waals surface area contributed by atoms with E-state index in [0.29, 0.717) is 10.8 Å². The van der Waals surface area contributed by atoms with Gasteiger partial charge < -0.3 is 5.32 Å². The molecule has 112 valence electrons. The molecule has 2 heterocycles. The van der Waals surface area contributed by atoms with Crippen LogP contribution < -0.4 is 5.32 Å². The molecule has 0 aliphatic rings. The molecule has 0 spiro atoms. The third kappa shape index (κ3) is 2.97. The summed E-state index contributed by atoms with van der Waals surface area (Å²) in [4.78, 5) is 20.4. The lowest BCUT2D eigenvalue weighted by Crippen LogP contribution is -1.92. The van der Waals surface area contributed by atoms with E-state index in [9.17, 15) is 10.1 Å². The van der Waals surface area contributed by atoms with Gasteiger partial charge in [0.2, 0.25) is 0 Å². The fourth-order valence-corrected chi connectivity index (χ4v) is 3.70. The van der Waals surface area contributed by atoms with E-state index in [2.05, 4.69) is 15.3 Å². The van der Waals surface area contributed by atoms with Crippen molar-refractivity contribution < 1.29 is 4.92 Å². The molecule has 22 heavy (non-hydrogen) atoms. The normalized spacial score (nSPS) is 10.6. The highest BCUT2D eigenvalue weighted by Crippen LogP contribution is 2.33. The fourth-order valence-electron chi connectivity index (χ4n) is 2.03. The molecule has 0 atom stereocenters. The standard InChI is InChI=1S/C14H12N4O2S2/c1-8-13(22-9(2)15-8)12-7-21-14(17-12)16-10-4-3-5-11(6-10)18(19)20/h3-7H,1-2H3,(H,16,17). The number of rotatable bonds is 4. The van der Waals surface area contributed by atoms with Gasteiger partial charge in [0.15, 0.2) is 5.13 Å². The molecular weight excluding hydrogens is 320 g/mol. The number of anilines is 2. The van der Waals surface area contributed by atoms with Crippen molar-refractivity contribution >= 4 is 39.2 Å². The number of thiazole rings is 2. The Morgan fingerprint density at radius 2 is 2.09 bits per heavy atom. The molecule has 6 nitrogen and oxygen atoms in total. The molecule has 3 rings (SSSR count). The third-order valence-electron chi connectivity index (χ3n) is 2.95. The van der Waals surface area contributed by atoms with Crippen molar-refractivity contribution in [1.29, 1.82) is 0 Å². The smallest absolute Gasteiger partial charge is 0.271 e. The van der Waals surface area contributed by atoms with Crippen LogP contribution in [-0.4, -0.2) is 14.9 Å². The van der Waals surface area contributed by atoms with Gasteiger partial charge in [0, 0.05) is 23.2 Å². The lowest BCUT2D eigenvalue weighted by molar-refractivity contribution is -0.384. The van der Waals surface area contributed by atoms with Crippen LogP contribution in [-0.2, 0) is 0 Å². The van der Waals surface area contributed by atoms with E-state index in [1.807, 2.05) is 19.2 Å². The molecule has 0 aliphatic carbocycles. The summed E-state index contributed by atoms with van der Waals surface area (Å²) < 4.78 is 0. The Hall–Kier alpha value is -2.32. The number of nitrogens with one attached hydrogen (secondary N) is 1. The highest BCUT2D eigenvalue weighted by atomic mass is 32.1. The zero-order valence-electron chi connectivity index (χ0n) is 11.9. The highest BCUT2D eigenvalue weighted by molar-refractivity contribution is 7.16. The van der Waals surface area contributed by atoms with Crippen molar-refractivity contribution in [1.82, 2.24) is 9.97 Å². The molecular formula is C14H12N4O2S2. The molecule has 0 saturated carbocycles. The van der Waals surface area contributed by atoms with Crippen LogP contribution >= 0.6 is 22.7 Å². The van der Waals surface area contributed by atoms with Crippen molar-refractivity contribution in [3.05, 3.63) is 50.5 Å². The summed E-state index contributed by atoms with van der Waals surface area (Å²) in [6.45, 7) is 3.93. The monoisotopic (exact) mass is 332 g/mol. The van der Waals surface area contributed by atoms with Gasteiger partial charge in [0.1, 0.15) is 0 Å². The maximum atomic E-state index is 10.8. The maximum absolute atomic E-state index is 10.8. The van der Waals surface area contributed by atoms with Gasteiger partial charge in [0.05, 0.1) is 26.2 Å². The number of nitrogens with zero attached hydrogens (tertiary/aromatic N) is 3. The minimum absolute atomic E-state index is 0.0516. The van der Waals surface area contributed by atoms with Crippen molar-refractivity contribution in [2.24, 2.45) is 0 Å². The predicted octanol–water partition coefficient (Wildman–Crippen LogP) is 4.54. The summed E-state index contributed by atoms with van der Waals surface area (Å²) in [6, 6.07) is 6.37. The molecule has 1 aromatic carbocycles. The summed E-state index contributed by atoms with van der Waals surface area (Å²) >= 11 is 3.07. The van der Waals surface area contributed by atoms with Crippen molar-refractivity contribution in [3.63, 3.8) is 0 Å². The number of aryl methyl sites for hydroxylation is 2. The lowest BCUT2D eigenvalue weighted by atomic mass is 10.3. The van der Waals surface area contributed by atoms with Gasteiger partial charge >= 0.3 is 0 Å². The fraction of sp³-hybridized carbons (Fsp3) is 0.143. The molecule has 0 bridgehead atoms. The van der Waals surface area contributed by atoms with Crippen molar-refractivity contribution in [3.8, 4) is 10.6 Å². The maximum Gasteiger partial charge on any atom is 0.271 e. The molecule has 0 unspecified atom stereocenters. The molecule has 0 amide bonds. The first kappa shape index (κ1) is 14.6. The second-order valence-corrected chi connectivity index (χ2v) is 6.68. The van der Waals surface area contributed by atoms with E-state index >= 15 is 0 Å².